The first-order chi connectivity index (χ1) is 10.8. The van der Waals surface area contributed by atoms with Crippen molar-refractivity contribution in [2.24, 2.45) is 0 Å². The average molecular weight is 361 g/mol. The highest BCUT2D eigenvalue weighted by atomic mass is 32.2. The van der Waals surface area contributed by atoms with E-state index in [-0.39, 0.29) is 24.6 Å². The van der Waals surface area contributed by atoms with Crippen molar-refractivity contribution in [2.75, 3.05) is 37.7 Å². The van der Waals surface area contributed by atoms with Gasteiger partial charge in [0.1, 0.15) is 0 Å². The molecule has 8 heteroatoms. The van der Waals surface area contributed by atoms with E-state index in [1.807, 2.05) is 30.3 Å². The summed E-state index contributed by atoms with van der Waals surface area (Å²) in [5.74, 6) is 0.102. The number of benzene rings is 1. The lowest BCUT2D eigenvalue weighted by atomic mass is 10.2. The van der Waals surface area contributed by atoms with Gasteiger partial charge in [-0.1, -0.05) is 30.3 Å². The van der Waals surface area contributed by atoms with Crippen LogP contribution in [0, 0.1) is 0 Å². The second-order valence-electron chi connectivity index (χ2n) is 5.60. The van der Waals surface area contributed by atoms with Gasteiger partial charge in [0.2, 0.25) is 20.0 Å². The van der Waals surface area contributed by atoms with E-state index < -0.39 is 20.0 Å². The fourth-order valence-corrected chi connectivity index (χ4v) is 5.28. The Hall–Kier alpha value is -0.960. The summed E-state index contributed by atoms with van der Waals surface area (Å²) in [5, 5.41) is 0. The van der Waals surface area contributed by atoms with Crippen LogP contribution in [0.4, 0.5) is 0 Å². The summed E-state index contributed by atoms with van der Waals surface area (Å²) >= 11 is 0. The van der Waals surface area contributed by atoms with Gasteiger partial charge in [0.25, 0.3) is 0 Å². The molecule has 0 spiro atoms. The van der Waals surface area contributed by atoms with Crippen LogP contribution >= 0.6 is 0 Å². The van der Waals surface area contributed by atoms with E-state index in [1.54, 1.807) is 6.92 Å². The monoisotopic (exact) mass is 360 g/mol. The van der Waals surface area contributed by atoms with Crippen molar-refractivity contribution in [1.29, 1.82) is 0 Å². The van der Waals surface area contributed by atoms with Gasteiger partial charge in [-0.15, -0.1) is 0 Å². The molecule has 2 rings (SSSR count). The molecule has 0 unspecified atom stereocenters. The summed E-state index contributed by atoms with van der Waals surface area (Å²) in [4.78, 5) is 0. The topological polar surface area (TPSA) is 74.8 Å². The number of sulfonamides is 2. The summed E-state index contributed by atoms with van der Waals surface area (Å²) in [7, 11) is -6.63. The van der Waals surface area contributed by atoms with Gasteiger partial charge in [-0.25, -0.2) is 25.4 Å². The zero-order chi connectivity index (χ0) is 16.9. The van der Waals surface area contributed by atoms with E-state index in [0.29, 0.717) is 25.9 Å². The lowest BCUT2D eigenvalue weighted by Crippen LogP contribution is -2.39. The number of rotatable bonds is 6. The molecule has 0 atom stereocenters. The minimum absolute atomic E-state index is 0.0494. The van der Waals surface area contributed by atoms with Crippen LogP contribution in [0.15, 0.2) is 30.3 Å². The van der Waals surface area contributed by atoms with Crippen molar-refractivity contribution in [2.45, 2.75) is 19.8 Å². The highest BCUT2D eigenvalue weighted by Crippen LogP contribution is 2.13. The molecule has 0 N–H and O–H groups in total. The van der Waals surface area contributed by atoms with Crippen molar-refractivity contribution >= 4 is 20.0 Å². The van der Waals surface area contributed by atoms with Gasteiger partial charge >= 0.3 is 0 Å². The number of aryl methyl sites for hydroxylation is 1. The number of hydrogen-bond acceptors (Lipinski definition) is 4. The first-order valence-corrected chi connectivity index (χ1v) is 11.1. The molecule has 1 aromatic carbocycles. The van der Waals surface area contributed by atoms with Crippen molar-refractivity contribution in [3.8, 4) is 0 Å². The molecule has 0 aromatic heterocycles. The Labute approximate surface area is 139 Å². The van der Waals surface area contributed by atoms with E-state index in [9.17, 15) is 16.8 Å². The van der Waals surface area contributed by atoms with Gasteiger partial charge < -0.3 is 0 Å². The maximum atomic E-state index is 12.5. The zero-order valence-corrected chi connectivity index (χ0v) is 15.0. The smallest absolute Gasteiger partial charge is 0.212 e. The zero-order valence-electron chi connectivity index (χ0n) is 13.4. The van der Waals surface area contributed by atoms with Crippen LogP contribution in [0.3, 0.4) is 0 Å². The third-order valence-electron chi connectivity index (χ3n) is 4.06. The van der Waals surface area contributed by atoms with Crippen LogP contribution in [0.1, 0.15) is 18.9 Å². The van der Waals surface area contributed by atoms with Gasteiger partial charge in [-0.05, 0) is 25.3 Å². The molecule has 0 amide bonds. The Morgan fingerprint density at radius 3 is 2.00 bits per heavy atom. The molecule has 130 valence electrons. The Bertz CT molecular complexity index is 702. The quantitative estimate of drug-likeness (QED) is 0.756. The van der Waals surface area contributed by atoms with E-state index in [1.165, 1.54) is 8.61 Å². The van der Waals surface area contributed by atoms with E-state index in [4.69, 9.17) is 0 Å². The summed E-state index contributed by atoms with van der Waals surface area (Å²) in [6, 6.07) is 9.50. The molecular formula is C15H24N2O4S2. The van der Waals surface area contributed by atoms with Gasteiger partial charge in [-0.2, -0.15) is 0 Å². The lowest BCUT2D eigenvalue weighted by Gasteiger charge is -2.21. The molecule has 0 aliphatic carbocycles. The summed E-state index contributed by atoms with van der Waals surface area (Å²) in [6.45, 7) is 2.85. The SMILES string of the molecule is CCS(=O)(=O)N1CCCN(S(=O)(=O)CCc2ccccc2)CC1. The second kappa shape index (κ2) is 7.74. The molecule has 23 heavy (non-hydrogen) atoms. The molecule has 1 heterocycles. The first-order valence-electron chi connectivity index (χ1n) is 7.85. The van der Waals surface area contributed by atoms with Crippen LogP contribution < -0.4 is 0 Å². The predicted octanol–water partition coefficient (Wildman–Crippen LogP) is 0.916. The van der Waals surface area contributed by atoms with Gasteiger partial charge in [0.15, 0.2) is 0 Å². The van der Waals surface area contributed by atoms with Crippen LogP contribution in [0.5, 0.6) is 0 Å². The summed E-state index contributed by atoms with van der Waals surface area (Å²) < 4.78 is 51.7. The van der Waals surface area contributed by atoms with Crippen molar-refractivity contribution in [3.63, 3.8) is 0 Å². The van der Waals surface area contributed by atoms with Crippen molar-refractivity contribution in [1.82, 2.24) is 8.61 Å². The number of hydrogen-bond donors (Lipinski definition) is 0. The summed E-state index contributed by atoms with van der Waals surface area (Å²) in [6.07, 6.45) is 1.00. The van der Waals surface area contributed by atoms with Crippen LogP contribution in [-0.2, 0) is 26.5 Å². The molecule has 1 saturated heterocycles. The molecule has 1 aromatic rings. The third kappa shape index (κ3) is 5.00. The standard InChI is InChI=1S/C15H24N2O4S2/c1-2-22(18,19)16-10-6-11-17(13-12-16)23(20,21)14-9-15-7-4-3-5-8-15/h3-5,7-8H,2,6,9-14H2,1H3. The van der Waals surface area contributed by atoms with Crippen LogP contribution in [0.2, 0.25) is 0 Å². The Balaban J connectivity index is 1.98. The highest BCUT2D eigenvalue weighted by molar-refractivity contribution is 7.89. The van der Waals surface area contributed by atoms with Crippen LogP contribution in [-0.4, -0.2) is 63.1 Å². The minimum Gasteiger partial charge on any atom is -0.212 e. The third-order valence-corrected chi connectivity index (χ3v) is 7.81. The first kappa shape index (κ1) is 18.4. The predicted molar refractivity (Wildman–Crippen MR) is 91.2 cm³/mol. The molecule has 1 fully saturated rings. The van der Waals surface area contributed by atoms with Gasteiger partial charge in [0.05, 0.1) is 11.5 Å². The molecule has 1 aliphatic rings. The maximum absolute atomic E-state index is 12.5. The fraction of sp³-hybridized carbons (Fsp3) is 0.600. The lowest BCUT2D eigenvalue weighted by molar-refractivity contribution is 0.405. The van der Waals surface area contributed by atoms with Crippen LogP contribution in [0.25, 0.3) is 0 Å². The summed E-state index contributed by atoms with van der Waals surface area (Å²) in [5.41, 5.74) is 0.987. The Morgan fingerprint density at radius 2 is 1.43 bits per heavy atom. The highest BCUT2D eigenvalue weighted by Gasteiger charge is 2.28. The molecule has 1 aliphatic heterocycles. The van der Waals surface area contributed by atoms with E-state index in [0.717, 1.165) is 5.56 Å². The van der Waals surface area contributed by atoms with Gasteiger partial charge in [0, 0.05) is 26.2 Å². The fourth-order valence-electron chi connectivity index (χ4n) is 2.63. The molecule has 0 saturated carbocycles. The van der Waals surface area contributed by atoms with Crippen molar-refractivity contribution in [3.05, 3.63) is 35.9 Å². The molecule has 0 bridgehead atoms. The Kier molecular flexibility index (Phi) is 6.19. The van der Waals surface area contributed by atoms with E-state index >= 15 is 0 Å². The largest absolute Gasteiger partial charge is 0.214 e. The normalized spacial score (nSPS) is 18.7. The average Bonchev–Trinajstić information content (AvgIpc) is 2.81. The second-order valence-corrected chi connectivity index (χ2v) is 9.95. The minimum atomic E-state index is -3.37. The molecule has 6 nitrogen and oxygen atoms in total. The van der Waals surface area contributed by atoms with E-state index in [2.05, 4.69) is 0 Å². The maximum Gasteiger partial charge on any atom is 0.214 e. The number of nitrogens with zero attached hydrogens (tertiary/aromatic N) is 2. The Morgan fingerprint density at radius 1 is 0.870 bits per heavy atom. The molecular weight excluding hydrogens is 336 g/mol. The van der Waals surface area contributed by atoms with Gasteiger partial charge in [-0.3, -0.25) is 0 Å². The van der Waals surface area contributed by atoms with Crippen molar-refractivity contribution < 1.29 is 16.8 Å². The molecule has 0 radical (unpaired) electrons.